The van der Waals surface area contributed by atoms with Gasteiger partial charge in [-0.15, -0.1) is 0 Å². The minimum atomic E-state index is -2.46. The fourth-order valence-corrected chi connectivity index (χ4v) is 1.80. The van der Waals surface area contributed by atoms with E-state index in [1.54, 1.807) is 0 Å². The molecule has 0 aliphatic rings. The molecule has 2 aromatic rings. The lowest BCUT2D eigenvalue weighted by molar-refractivity contribution is 0.0697. The number of carboxylic acid groups (broad SMARTS) is 1. The quantitative estimate of drug-likeness (QED) is 0.876. The molecule has 2 heterocycles. The molecule has 0 aromatic carbocycles. The van der Waals surface area contributed by atoms with Crippen LogP contribution in [0, 0.1) is 6.85 Å². The van der Waals surface area contributed by atoms with Gasteiger partial charge in [0.1, 0.15) is 10.9 Å². The summed E-state index contributed by atoms with van der Waals surface area (Å²) in [4.78, 5) is 18.9. The first-order valence-corrected chi connectivity index (χ1v) is 5.55. The maximum atomic E-state index is 11.4. The number of rotatable bonds is 3. The van der Waals surface area contributed by atoms with E-state index in [0.717, 1.165) is 6.20 Å². The number of nitrogens with zero attached hydrogens (tertiary/aromatic N) is 2. The highest BCUT2D eigenvalue weighted by molar-refractivity contribution is 6.29. The minimum Gasteiger partial charge on any atom is -0.494 e. The first-order valence-electron chi connectivity index (χ1n) is 6.67. The Hall–Kier alpha value is -2.14. The van der Waals surface area contributed by atoms with Gasteiger partial charge in [0.2, 0.25) is 0 Å². The molecule has 0 radical (unpaired) electrons. The molecule has 1 N–H and O–H groups in total. The number of halogens is 1. The molecule has 0 saturated carbocycles. The lowest BCUT2D eigenvalue weighted by atomic mass is 10.0. The molecule has 0 unspecified atom stereocenters. The van der Waals surface area contributed by atoms with E-state index < -0.39 is 12.8 Å². The Labute approximate surface area is 119 Å². The molecule has 0 spiro atoms. The third-order valence-corrected chi connectivity index (χ3v) is 2.69. The van der Waals surface area contributed by atoms with E-state index in [0.29, 0.717) is 5.56 Å². The number of aromatic nitrogens is 2. The van der Waals surface area contributed by atoms with Crippen LogP contribution in [-0.4, -0.2) is 28.2 Å². The number of carboxylic acids is 1. The number of ether oxygens (including phenoxy) is 1. The van der Waals surface area contributed by atoms with Crippen LogP contribution in [0.3, 0.4) is 0 Å². The average Bonchev–Trinajstić information content (AvgIpc) is 2.45. The largest absolute Gasteiger partial charge is 0.494 e. The summed E-state index contributed by atoms with van der Waals surface area (Å²) in [6.07, 6.45) is 2.34. The number of methoxy groups -OCH3 is 1. The van der Waals surface area contributed by atoms with Gasteiger partial charge in [0.25, 0.3) is 0 Å². The molecule has 5 nitrogen and oxygen atoms in total. The predicted molar refractivity (Wildman–Crippen MR) is 70.7 cm³/mol. The molecule has 0 fully saturated rings. The van der Waals surface area contributed by atoms with Crippen molar-refractivity contribution in [3.05, 3.63) is 40.9 Å². The zero-order valence-corrected chi connectivity index (χ0v) is 10.6. The van der Waals surface area contributed by atoms with Gasteiger partial charge in [0.05, 0.1) is 18.9 Å². The van der Waals surface area contributed by atoms with Gasteiger partial charge in [-0.3, -0.25) is 4.98 Å². The van der Waals surface area contributed by atoms with Crippen molar-refractivity contribution in [1.82, 2.24) is 9.97 Å². The SMILES string of the molecule is [2H]C([2H])([2H])c1cc(-c2cc(Cl)ncc2OC)c(C(=O)O)cn1. The number of carbonyl (C=O) groups is 1. The van der Waals surface area contributed by atoms with Crippen LogP contribution in [0.2, 0.25) is 5.15 Å². The summed E-state index contributed by atoms with van der Waals surface area (Å²) in [5.74, 6) is -0.968. The summed E-state index contributed by atoms with van der Waals surface area (Å²) in [6, 6.07) is 2.61. The normalized spacial score (nSPS) is 13.3. The Morgan fingerprint density at radius 2 is 2.16 bits per heavy atom. The van der Waals surface area contributed by atoms with E-state index >= 15 is 0 Å². The summed E-state index contributed by atoms with van der Waals surface area (Å²) >= 11 is 5.84. The Balaban J connectivity index is 2.77. The van der Waals surface area contributed by atoms with Crippen LogP contribution in [0.4, 0.5) is 0 Å². The number of pyridine rings is 2. The Morgan fingerprint density at radius 1 is 1.37 bits per heavy atom. The lowest BCUT2D eigenvalue weighted by Crippen LogP contribution is -2.02. The molecule has 0 saturated heterocycles. The van der Waals surface area contributed by atoms with Gasteiger partial charge in [-0.25, -0.2) is 9.78 Å². The standard InChI is InChI=1S/C13H11ClN2O3/c1-7-3-8(10(5-15-7)13(17)18)9-4-12(14)16-6-11(9)19-2/h3-6H,1-2H3,(H,17,18)/i1D3. The van der Waals surface area contributed by atoms with Crippen molar-refractivity contribution in [3.8, 4) is 16.9 Å². The second-order valence-electron chi connectivity index (χ2n) is 3.63. The first kappa shape index (κ1) is 9.75. The van der Waals surface area contributed by atoms with Crippen molar-refractivity contribution >= 4 is 17.6 Å². The Morgan fingerprint density at radius 3 is 2.79 bits per heavy atom. The van der Waals surface area contributed by atoms with Crippen molar-refractivity contribution in [2.24, 2.45) is 0 Å². The minimum absolute atomic E-state index is 0.124. The monoisotopic (exact) mass is 281 g/mol. The highest BCUT2D eigenvalue weighted by Gasteiger charge is 2.16. The molecule has 0 amide bonds. The van der Waals surface area contributed by atoms with Crippen molar-refractivity contribution in [2.45, 2.75) is 6.85 Å². The van der Waals surface area contributed by atoms with Crippen LogP contribution < -0.4 is 4.74 Å². The molecule has 98 valence electrons. The van der Waals surface area contributed by atoms with Crippen molar-refractivity contribution in [2.75, 3.05) is 7.11 Å². The van der Waals surface area contributed by atoms with Gasteiger partial charge in [-0.1, -0.05) is 11.6 Å². The fraction of sp³-hybridized carbons (Fsp3) is 0.154. The summed E-state index contributed by atoms with van der Waals surface area (Å²) in [5, 5.41) is 9.41. The third-order valence-electron chi connectivity index (χ3n) is 2.48. The van der Waals surface area contributed by atoms with Crippen molar-refractivity contribution in [1.29, 1.82) is 0 Å². The first-order chi connectivity index (χ1) is 10.2. The van der Waals surface area contributed by atoms with E-state index in [9.17, 15) is 9.90 Å². The average molecular weight is 282 g/mol. The molecule has 0 bridgehead atoms. The molecule has 0 aliphatic carbocycles. The van der Waals surface area contributed by atoms with Crippen LogP contribution in [0.5, 0.6) is 5.75 Å². The number of aryl methyl sites for hydroxylation is 1. The van der Waals surface area contributed by atoms with Gasteiger partial charge in [0, 0.05) is 27.1 Å². The topological polar surface area (TPSA) is 72.3 Å². The van der Waals surface area contributed by atoms with Crippen molar-refractivity contribution in [3.63, 3.8) is 0 Å². The maximum absolute atomic E-state index is 11.4. The molecule has 19 heavy (non-hydrogen) atoms. The molecule has 2 aromatic heterocycles. The van der Waals surface area contributed by atoms with Gasteiger partial charge in [0.15, 0.2) is 0 Å². The molecular formula is C13H11ClN2O3. The van der Waals surface area contributed by atoms with E-state index in [1.165, 1.54) is 25.4 Å². The van der Waals surface area contributed by atoms with Gasteiger partial charge < -0.3 is 9.84 Å². The zero-order valence-electron chi connectivity index (χ0n) is 12.8. The van der Waals surface area contributed by atoms with Gasteiger partial charge in [-0.05, 0) is 19.0 Å². The van der Waals surface area contributed by atoms with Crippen LogP contribution in [0.15, 0.2) is 24.5 Å². The van der Waals surface area contributed by atoms with Crippen LogP contribution in [0.1, 0.15) is 20.2 Å². The smallest absolute Gasteiger partial charge is 0.337 e. The maximum Gasteiger partial charge on any atom is 0.337 e. The van der Waals surface area contributed by atoms with E-state index in [4.69, 9.17) is 20.5 Å². The number of aromatic carboxylic acids is 1. The second-order valence-corrected chi connectivity index (χ2v) is 4.01. The molecule has 0 aliphatic heterocycles. The van der Waals surface area contributed by atoms with E-state index in [2.05, 4.69) is 9.97 Å². The van der Waals surface area contributed by atoms with Gasteiger partial charge in [-0.2, -0.15) is 0 Å². The van der Waals surface area contributed by atoms with E-state index in [-0.39, 0.29) is 27.7 Å². The number of hydrogen-bond donors (Lipinski definition) is 1. The molecule has 2 rings (SSSR count). The lowest BCUT2D eigenvalue weighted by Gasteiger charge is -2.11. The second kappa shape index (κ2) is 5.24. The summed E-state index contributed by atoms with van der Waals surface area (Å²) < 4.78 is 27.4. The Kier molecular flexibility index (Phi) is 2.69. The summed E-state index contributed by atoms with van der Waals surface area (Å²) in [7, 11) is 1.39. The van der Waals surface area contributed by atoms with Crippen LogP contribution in [-0.2, 0) is 0 Å². The molecular weight excluding hydrogens is 268 g/mol. The summed E-state index contributed by atoms with van der Waals surface area (Å²) in [6.45, 7) is -2.46. The van der Waals surface area contributed by atoms with Crippen LogP contribution in [0.25, 0.3) is 11.1 Å². The highest BCUT2D eigenvalue weighted by Crippen LogP contribution is 2.33. The van der Waals surface area contributed by atoms with E-state index in [1.807, 2.05) is 0 Å². The van der Waals surface area contributed by atoms with Crippen LogP contribution >= 0.6 is 11.6 Å². The zero-order chi connectivity index (χ0) is 16.5. The van der Waals surface area contributed by atoms with Crippen molar-refractivity contribution < 1.29 is 18.8 Å². The summed E-state index contributed by atoms with van der Waals surface area (Å²) in [5.41, 5.74) is 0.0960. The predicted octanol–water partition coefficient (Wildman–Crippen LogP) is 2.81. The molecule has 6 heteroatoms. The number of hydrogen-bond acceptors (Lipinski definition) is 4. The fourth-order valence-electron chi connectivity index (χ4n) is 1.64. The van der Waals surface area contributed by atoms with Gasteiger partial charge >= 0.3 is 5.97 Å². The Bertz CT molecular complexity index is 735. The molecule has 0 atom stereocenters. The third kappa shape index (κ3) is 2.66. The highest BCUT2D eigenvalue weighted by atomic mass is 35.5.